The van der Waals surface area contributed by atoms with Crippen LogP contribution in [0.3, 0.4) is 0 Å². The predicted octanol–water partition coefficient (Wildman–Crippen LogP) is 0.330. The Balaban J connectivity index is 2.71. The fraction of sp³-hybridized carbons (Fsp3) is 0.750. The molecule has 4 heteroatoms. The van der Waals surface area contributed by atoms with E-state index in [9.17, 15) is 9.59 Å². The lowest BCUT2D eigenvalue weighted by Gasteiger charge is -2.16. The maximum absolute atomic E-state index is 11.3. The van der Waals surface area contributed by atoms with Gasteiger partial charge in [-0.2, -0.15) is 0 Å². The van der Waals surface area contributed by atoms with Crippen LogP contribution in [0.2, 0.25) is 0 Å². The molecule has 4 nitrogen and oxygen atoms in total. The zero-order valence-electron chi connectivity index (χ0n) is 7.12. The van der Waals surface area contributed by atoms with Crippen LogP contribution in [0.4, 0.5) is 0 Å². The third-order valence-electron chi connectivity index (χ3n) is 2.21. The normalized spacial score (nSPS) is 25.2. The highest BCUT2D eigenvalue weighted by Gasteiger charge is 2.30. The molecule has 1 heterocycles. The van der Waals surface area contributed by atoms with E-state index in [4.69, 9.17) is 5.11 Å². The third kappa shape index (κ3) is 1.75. The lowest BCUT2D eigenvalue weighted by Crippen LogP contribution is -2.35. The van der Waals surface area contributed by atoms with Crippen LogP contribution < -0.4 is 0 Å². The summed E-state index contributed by atoms with van der Waals surface area (Å²) < 4.78 is 0. The summed E-state index contributed by atoms with van der Waals surface area (Å²) in [7, 11) is 1.66. The number of likely N-dealkylation sites (tertiary alicyclic amines) is 1. The molecule has 1 N–H and O–H groups in total. The highest BCUT2D eigenvalue weighted by atomic mass is 16.4. The quantitative estimate of drug-likeness (QED) is 0.578. The summed E-state index contributed by atoms with van der Waals surface area (Å²) >= 11 is 0. The second-order valence-corrected chi connectivity index (χ2v) is 3.15. The van der Waals surface area contributed by atoms with E-state index in [-0.39, 0.29) is 5.91 Å². The molecule has 0 aromatic heterocycles. The number of hydrogen-bond donors (Lipinski definition) is 1. The zero-order valence-corrected chi connectivity index (χ0v) is 7.12. The minimum atomic E-state index is -0.992. The van der Waals surface area contributed by atoms with Crippen molar-refractivity contribution in [2.75, 3.05) is 13.6 Å². The van der Waals surface area contributed by atoms with Crippen molar-refractivity contribution in [3.8, 4) is 0 Å². The minimum absolute atomic E-state index is 0.250. The van der Waals surface area contributed by atoms with Crippen LogP contribution in [0.15, 0.2) is 0 Å². The molecule has 12 heavy (non-hydrogen) atoms. The summed E-state index contributed by atoms with van der Waals surface area (Å²) in [5, 5.41) is 8.70. The number of carbonyl (C=O) groups is 2. The summed E-state index contributed by atoms with van der Waals surface area (Å²) in [5.41, 5.74) is 0. The lowest BCUT2D eigenvalue weighted by molar-refractivity contribution is -0.150. The molecule has 68 valence electrons. The summed E-state index contributed by atoms with van der Waals surface area (Å²) in [6, 6.07) is 0. The number of nitrogens with zero attached hydrogens (tertiary/aromatic N) is 1. The molecule has 0 spiro atoms. The van der Waals surface area contributed by atoms with Crippen molar-refractivity contribution in [3.63, 3.8) is 0 Å². The highest BCUT2D eigenvalue weighted by molar-refractivity contribution is 5.96. The Kier molecular flexibility index (Phi) is 2.68. The van der Waals surface area contributed by atoms with Gasteiger partial charge in [0.1, 0.15) is 5.92 Å². The molecule has 1 atom stereocenters. The second-order valence-electron chi connectivity index (χ2n) is 3.15. The topological polar surface area (TPSA) is 57.6 Å². The standard InChI is InChI=1S/C8H13NO3/c1-9-5-3-2-4-6(7(9)10)8(11)12/h6H,2-5H2,1H3,(H,11,12). The van der Waals surface area contributed by atoms with Crippen LogP contribution in [-0.4, -0.2) is 35.5 Å². The first kappa shape index (κ1) is 9.03. The van der Waals surface area contributed by atoms with Gasteiger partial charge in [0.25, 0.3) is 0 Å². The molecule has 0 bridgehead atoms. The Hall–Kier alpha value is -1.06. The van der Waals surface area contributed by atoms with Gasteiger partial charge in [-0.15, -0.1) is 0 Å². The van der Waals surface area contributed by atoms with Gasteiger partial charge >= 0.3 is 5.97 Å². The van der Waals surface area contributed by atoms with Gasteiger partial charge in [-0.25, -0.2) is 0 Å². The monoisotopic (exact) mass is 171 g/mol. The Morgan fingerprint density at radius 3 is 2.83 bits per heavy atom. The number of carboxylic acid groups (broad SMARTS) is 1. The number of carboxylic acids is 1. The van der Waals surface area contributed by atoms with E-state index in [0.29, 0.717) is 13.0 Å². The van der Waals surface area contributed by atoms with Gasteiger partial charge in [0.15, 0.2) is 0 Å². The molecular weight excluding hydrogens is 158 g/mol. The molecule has 0 saturated carbocycles. The first-order valence-corrected chi connectivity index (χ1v) is 4.10. The zero-order chi connectivity index (χ0) is 9.14. The van der Waals surface area contributed by atoms with Crippen molar-refractivity contribution in [2.24, 2.45) is 5.92 Å². The summed E-state index contributed by atoms with van der Waals surface area (Å²) in [4.78, 5) is 23.5. The van der Waals surface area contributed by atoms with Gasteiger partial charge < -0.3 is 10.0 Å². The first-order chi connectivity index (χ1) is 5.63. The molecule has 0 aromatic carbocycles. The Morgan fingerprint density at radius 2 is 2.25 bits per heavy atom. The molecule has 0 aromatic rings. The van der Waals surface area contributed by atoms with Crippen LogP contribution in [0.5, 0.6) is 0 Å². The van der Waals surface area contributed by atoms with Crippen LogP contribution in [0, 0.1) is 5.92 Å². The molecule has 1 saturated heterocycles. The lowest BCUT2D eigenvalue weighted by atomic mass is 10.0. The van der Waals surface area contributed by atoms with Crippen molar-refractivity contribution >= 4 is 11.9 Å². The molecule has 1 aliphatic rings. The molecule has 1 fully saturated rings. The minimum Gasteiger partial charge on any atom is -0.481 e. The van der Waals surface area contributed by atoms with Crippen LogP contribution in [-0.2, 0) is 9.59 Å². The Morgan fingerprint density at radius 1 is 1.58 bits per heavy atom. The van der Waals surface area contributed by atoms with Gasteiger partial charge in [-0.3, -0.25) is 9.59 Å². The fourth-order valence-corrected chi connectivity index (χ4v) is 1.43. The number of hydrogen-bond acceptors (Lipinski definition) is 2. The Bertz CT molecular complexity index is 202. The van der Waals surface area contributed by atoms with Crippen molar-refractivity contribution in [2.45, 2.75) is 19.3 Å². The van der Waals surface area contributed by atoms with E-state index in [1.807, 2.05) is 0 Å². The molecule has 0 aliphatic carbocycles. The van der Waals surface area contributed by atoms with Crippen LogP contribution in [0.25, 0.3) is 0 Å². The predicted molar refractivity (Wildman–Crippen MR) is 42.6 cm³/mol. The van der Waals surface area contributed by atoms with Crippen LogP contribution >= 0.6 is 0 Å². The van der Waals surface area contributed by atoms with E-state index in [1.165, 1.54) is 4.90 Å². The van der Waals surface area contributed by atoms with Gasteiger partial charge in [0.2, 0.25) is 5.91 Å². The first-order valence-electron chi connectivity index (χ1n) is 4.10. The fourth-order valence-electron chi connectivity index (χ4n) is 1.43. The second kappa shape index (κ2) is 3.56. The number of amides is 1. The largest absolute Gasteiger partial charge is 0.481 e. The average molecular weight is 171 g/mol. The van der Waals surface area contributed by atoms with E-state index < -0.39 is 11.9 Å². The van der Waals surface area contributed by atoms with Gasteiger partial charge in [-0.1, -0.05) is 6.42 Å². The van der Waals surface area contributed by atoms with Gasteiger partial charge in [0.05, 0.1) is 0 Å². The van der Waals surface area contributed by atoms with Crippen molar-refractivity contribution in [3.05, 3.63) is 0 Å². The molecule has 1 amide bonds. The third-order valence-corrected chi connectivity index (χ3v) is 2.21. The van der Waals surface area contributed by atoms with Gasteiger partial charge in [0, 0.05) is 13.6 Å². The van der Waals surface area contributed by atoms with E-state index in [0.717, 1.165) is 12.8 Å². The maximum Gasteiger partial charge on any atom is 0.316 e. The van der Waals surface area contributed by atoms with E-state index >= 15 is 0 Å². The average Bonchev–Trinajstić information content (AvgIpc) is 2.15. The Labute approximate surface area is 71.2 Å². The van der Waals surface area contributed by atoms with Crippen molar-refractivity contribution in [1.82, 2.24) is 4.90 Å². The number of rotatable bonds is 1. The van der Waals surface area contributed by atoms with Crippen LogP contribution in [0.1, 0.15) is 19.3 Å². The highest BCUT2D eigenvalue weighted by Crippen LogP contribution is 2.16. The molecule has 1 aliphatic heterocycles. The SMILES string of the molecule is CN1CCCCC(C(=O)O)C1=O. The smallest absolute Gasteiger partial charge is 0.316 e. The number of carbonyl (C=O) groups excluding carboxylic acids is 1. The van der Waals surface area contributed by atoms with Gasteiger partial charge in [-0.05, 0) is 12.8 Å². The maximum atomic E-state index is 11.3. The number of aliphatic carboxylic acids is 1. The molecule has 1 unspecified atom stereocenters. The van der Waals surface area contributed by atoms with E-state index in [1.54, 1.807) is 7.05 Å². The summed E-state index contributed by atoms with van der Waals surface area (Å²) in [5.74, 6) is -2.05. The molecular formula is C8H13NO3. The summed E-state index contributed by atoms with van der Waals surface area (Å²) in [6.07, 6.45) is 2.22. The molecule has 0 radical (unpaired) electrons. The summed E-state index contributed by atoms with van der Waals surface area (Å²) in [6.45, 7) is 0.683. The van der Waals surface area contributed by atoms with E-state index in [2.05, 4.69) is 0 Å². The van der Waals surface area contributed by atoms with Crippen molar-refractivity contribution in [1.29, 1.82) is 0 Å². The van der Waals surface area contributed by atoms with Crippen molar-refractivity contribution < 1.29 is 14.7 Å². The molecule has 1 rings (SSSR count).